The summed E-state index contributed by atoms with van der Waals surface area (Å²) in [5.41, 5.74) is -0.0361. The lowest BCUT2D eigenvalue weighted by atomic mass is 10.2. The van der Waals surface area contributed by atoms with E-state index in [0.29, 0.717) is 9.95 Å². The number of carbonyl (C=O) groups is 1. The van der Waals surface area contributed by atoms with E-state index < -0.39 is 18.3 Å². The molecule has 0 aliphatic carbocycles. The number of rotatable bonds is 2. The minimum Gasteiger partial charge on any atom is -0.529 e. The Bertz CT molecular complexity index is 841. The maximum Gasteiger partial charge on any atom is 0.296 e. The Labute approximate surface area is 121 Å². The van der Waals surface area contributed by atoms with E-state index in [4.69, 9.17) is 16.0 Å². The van der Waals surface area contributed by atoms with Crippen LogP contribution < -0.4 is 5.11 Å². The molecular formula is C13H6ClF2N2O3-. The van der Waals surface area contributed by atoms with Crippen molar-refractivity contribution < 1.29 is 23.1 Å². The molecule has 108 valence electrons. The summed E-state index contributed by atoms with van der Waals surface area (Å²) in [5, 5.41) is 11.8. The van der Waals surface area contributed by atoms with Crippen molar-refractivity contribution in [3.05, 3.63) is 41.4 Å². The summed E-state index contributed by atoms with van der Waals surface area (Å²) in [5.74, 6) is -0.619. The highest BCUT2D eigenvalue weighted by Gasteiger charge is 2.22. The third-order valence-electron chi connectivity index (χ3n) is 2.97. The Morgan fingerprint density at radius 3 is 2.81 bits per heavy atom. The second-order valence-electron chi connectivity index (χ2n) is 4.18. The molecule has 0 aliphatic heterocycles. The molecule has 0 fully saturated rings. The van der Waals surface area contributed by atoms with Gasteiger partial charge in [-0.2, -0.15) is 0 Å². The lowest BCUT2D eigenvalue weighted by molar-refractivity contribution is -0.249. The molecule has 8 heteroatoms. The average Bonchev–Trinajstić information content (AvgIpc) is 3.01. The highest BCUT2D eigenvalue weighted by atomic mass is 35.5. The van der Waals surface area contributed by atoms with E-state index in [1.165, 1.54) is 24.3 Å². The first-order valence-corrected chi connectivity index (χ1v) is 6.12. The van der Waals surface area contributed by atoms with Crippen LogP contribution in [-0.4, -0.2) is 15.6 Å². The first kappa shape index (κ1) is 13.6. The van der Waals surface area contributed by atoms with Gasteiger partial charge in [-0.15, -0.1) is 0 Å². The second kappa shape index (κ2) is 4.85. The maximum absolute atomic E-state index is 12.9. The normalized spacial score (nSPS) is 11.4. The Morgan fingerprint density at radius 2 is 2.14 bits per heavy atom. The van der Waals surface area contributed by atoms with Gasteiger partial charge in [-0.3, -0.25) is 4.57 Å². The van der Waals surface area contributed by atoms with Crippen LogP contribution in [0.5, 0.6) is 0 Å². The molecule has 0 amide bonds. The number of hydrogen-bond donors (Lipinski definition) is 0. The van der Waals surface area contributed by atoms with Gasteiger partial charge < -0.3 is 14.3 Å². The third-order valence-corrected chi connectivity index (χ3v) is 3.18. The van der Waals surface area contributed by atoms with Crippen LogP contribution in [0.1, 0.15) is 12.2 Å². The van der Waals surface area contributed by atoms with Gasteiger partial charge in [0.05, 0.1) is 12.0 Å². The number of halogens is 3. The van der Waals surface area contributed by atoms with Crippen LogP contribution in [0.4, 0.5) is 13.6 Å². The number of furan rings is 1. The smallest absolute Gasteiger partial charge is 0.296 e. The summed E-state index contributed by atoms with van der Waals surface area (Å²) in [7, 11) is 0. The van der Waals surface area contributed by atoms with Crippen LogP contribution in [0.15, 0.2) is 34.9 Å². The molecular weight excluding hydrogens is 306 g/mol. The minimum absolute atomic E-state index is 0.0104. The van der Waals surface area contributed by atoms with Crippen molar-refractivity contribution in [2.45, 2.75) is 6.43 Å². The summed E-state index contributed by atoms with van der Waals surface area (Å²) in [6.07, 6.45) is -3.41. The molecule has 3 aromatic rings. The molecule has 5 nitrogen and oxygen atoms in total. The lowest BCUT2D eigenvalue weighted by Gasteiger charge is -2.10. The fourth-order valence-corrected chi connectivity index (χ4v) is 2.28. The van der Waals surface area contributed by atoms with Crippen molar-refractivity contribution in [3.8, 4) is 11.3 Å². The molecule has 0 saturated carbocycles. The predicted octanol–water partition coefficient (Wildman–Crippen LogP) is 3.08. The monoisotopic (exact) mass is 311 g/mol. The number of carbonyl (C=O) groups excluding carboxylic acids is 1. The van der Waals surface area contributed by atoms with Crippen LogP contribution in [0.3, 0.4) is 0 Å². The fraction of sp³-hybridized carbons (Fsp3) is 0.0769. The first-order valence-electron chi connectivity index (χ1n) is 5.74. The zero-order valence-electron chi connectivity index (χ0n) is 10.2. The van der Waals surface area contributed by atoms with Gasteiger partial charge in [-0.1, -0.05) is 11.6 Å². The van der Waals surface area contributed by atoms with Crippen LogP contribution in [0.25, 0.3) is 22.3 Å². The highest BCUT2D eigenvalue weighted by molar-refractivity contribution is 6.29. The van der Waals surface area contributed by atoms with E-state index in [0.717, 1.165) is 6.26 Å². The quantitative estimate of drug-likeness (QED) is 0.682. The van der Waals surface area contributed by atoms with E-state index in [2.05, 4.69) is 4.98 Å². The van der Waals surface area contributed by atoms with Crippen molar-refractivity contribution in [1.82, 2.24) is 9.55 Å². The van der Waals surface area contributed by atoms with Gasteiger partial charge in [0.25, 0.3) is 6.43 Å². The molecule has 0 spiro atoms. The summed E-state index contributed by atoms with van der Waals surface area (Å²) in [6, 6.07) is 5.67. The lowest BCUT2D eigenvalue weighted by Crippen LogP contribution is -2.29. The Hall–Kier alpha value is -2.41. The standard InChI is InChI=1S/C13H7ClF2N2O3/c14-9-2-1-6-5-8(18(13(19)20)12(6)17-9)7-3-4-21-10(7)11(15)16/h1-5,11H,(H,19,20)/p-1. The van der Waals surface area contributed by atoms with E-state index in [1.54, 1.807) is 0 Å². The average molecular weight is 312 g/mol. The number of carboxylic acid groups (broad SMARTS) is 1. The van der Waals surface area contributed by atoms with Crippen LogP contribution >= 0.6 is 11.6 Å². The molecule has 0 atom stereocenters. The largest absolute Gasteiger partial charge is 0.529 e. The summed E-state index contributed by atoms with van der Waals surface area (Å²) >= 11 is 5.73. The zero-order valence-corrected chi connectivity index (χ0v) is 11.0. The zero-order chi connectivity index (χ0) is 15.1. The summed E-state index contributed by atoms with van der Waals surface area (Å²) < 4.78 is 31.2. The number of hydrogen-bond acceptors (Lipinski definition) is 4. The Kier molecular flexibility index (Phi) is 3.13. The van der Waals surface area contributed by atoms with Crippen molar-refractivity contribution in [2.24, 2.45) is 0 Å². The number of alkyl halides is 2. The summed E-state index contributed by atoms with van der Waals surface area (Å²) in [4.78, 5) is 15.2. The van der Waals surface area contributed by atoms with Crippen molar-refractivity contribution in [3.63, 3.8) is 0 Å². The second-order valence-corrected chi connectivity index (χ2v) is 4.56. The molecule has 0 unspecified atom stereocenters. The summed E-state index contributed by atoms with van der Waals surface area (Å²) in [6.45, 7) is 0. The van der Waals surface area contributed by atoms with Crippen molar-refractivity contribution >= 4 is 28.7 Å². The molecule has 3 heterocycles. The molecule has 3 rings (SSSR count). The minimum atomic E-state index is -2.88. The van der Waals surface area contributed by atoms with Gasteiger partial charge in [-0.25, -0.2) is 13.8 Å². The number of fused-ring (bicyclic) bond motifs is 1. The van der Waals surface area contributed by atoms with Gasteiger partial charge in [0.1, 0.15) is 16.9 Å². The van der Waals surface area contributed by atoms with Crippen molar-refractivity contribution in [1.29, 1.82) is 0 Å². The maximum atomic E-state index is 12.9. The Morgan fingerprint density at radius 1 is 1.38 bits per heavy atom. The number of aromatic nitrogens is 2. The number of pyridine rings is 1. The van der Waals surface area contributed by atoms with Gasteiger partial charge in [-0.05, 0) is 24.3 Å². The molecule has 0 aromatic carbocycles. The van der Waals surface area contributed by atoms with Crippen molar-refractivity contribution in [2.75, 3.05) is 0 Å². The van der Waals surface area contributed by atoms with Crippen LogP contribution in [-0.2, 0) is 0 Å². The fourth-order valence-electron chi connectivity index (χ4n) is 2.14. The predicted molar refractivity (Wildman–Crippen MR) is 68.2 cm³/mol. The number of nitrogens with zero attached hydrogens (tertiary/aromatic N) is 2. The molecule has 0 bridgehead atoms. The molecule has 0 radical (unpaired) electrons. The van der Waals surface area contributed by atoms with Gasteiger partial charge in [0.15, 0.2) is 5.76 Å². The van der Waals surface area contributed by atoms with Gasteiger partial charge >= 0.3 is 0 Å². The van der Waals surface area contributed by atoms with E-state index in [-0.39, 0.29) is 22.1 Å². The van der Waals surface area contributed by atoms with E-state index in [9.17, 15) is 18.7 Å². The van der Waals surface area contributed by atoms with Crippen LogP contribution in [0, 0.1) is 0 Å². The van der Waals surface area contributed by atoms with Crippen LogP contribution in [0.2, 0.25) is 5.15 Å². The topological polar surface area (TPSA) is 71.1 Å². The van der Waals surface area contributed by atoms with E-state index in [1.807, 2.05) is 0 Å². The molecule has 0 aliphatic rings. The molecule has 21 heavy (non-hydrogen) atoms. The van der Waals surface area contributed by atoms with Gasteiger partial charge in [0, 0.05) is 10.9 Å². The van der Waals surface area contributed by atoms with E-state index >= 15 is 0 Å². The third kappa shape index (κ3) is 2.15. The SMILES string of the molecule is O=C([O-])n1c(-c2ccoc2C(F)F)cc2ccc(Cl)nc21. The highest BCUT2D eigenvalue weighted by Crippen LogP contribution is 2.35. The molecule has 0 N–H and O–H groups in total. The van der Waals surface area contributed by atoms with Gasteiger partial charge in [0.2, 0.25) is 0 Å². The molecule has 3 aromatic heterocycles. The Balaban J connectivity index is 2.34. The first-order chi connectivity index (χ1) is 9.99. The molecule has 0 saturated heterocycles.